The summed E-state index contributed by atoms with van der Waals surface area (Å²) in [5.74, 6) is 2.50. The molecule has 0 aromatic carbocycles. The number of hydrogen-bond acceptors (Lipinski definition) is 3. The second-order valence-corrected chi connectivity index (χ2v) is 14.8. The average Bonchev–Trinajstić information content (AvgIpc) is 2.73. The molecule has 0 bridgehead atoms. The molecule has 3 nitrogen and oxygen atoms in total. The van der Waals surface area contributed by atoms with Crippen LogP contribution in [0.2, 0.25) is 0 Å². The molecule has 1 N–H and O–H groups in total. The molecule has 0 heterocycles. The summed E-state index contributed by atoms with van der Waals surface area (Å²) >= 11 is 0. The highest BCUT2D eigenvalue weighted by molar-refractivity contribution is 5.82. The van der Waals surface area contributed by atoms with E-state index in [1.807, 2.05) is 0 Å². The van der Waals surface area contributed by atoms with Crippen LogP contribution in [0.3, 0.4) is 0 Å². The zero-order chi connectivity index (χ0) is 23.4. The van der Waals surface area contributed by atoms with Crippen molar-refractivity contribution in [3.63, 3.8) is 0 Å². The highest BCUT2D eigenvalue weighted by Gasteiger charge is 2.72. The molecule has 5 aliphatic carbocycles. The minimum Gasteiger partial charge on any atom is -0.299 e. The molecule has 0 spiro atoms. The number of carbonyl (C=O) groups excluding carboxylic acids is 1. The number of hydrogen-bond donors (Lipinski definition) is 1. The molecular formula is C29H48O3. The summed E-state index contributed by atoms with van der Waals surface area (Å²) in [5.41, 5.74) is 0.932. The van der Waals surface area contributed by atoms with Gasteiger partial charge in [-0.25, -0.2) is 4.89 Å². The van der Waals surface area contributed by atoms with E-state index in [-0.39, 0.29) is 27.8 Å². The van der Waals surface area contributed by atoms with Gasteiger partial charge in [-0.3, -0.25) is 10.1 Å². The minimum atomic E-state index is -0.341. The minimum absolute atomic E-state index is 0.171. The van der Waals surface area contributed by atoms with Crippen molar-refractivity contribution in [2.45, 2.75) is 125 Å². The second-order valence-electron chi connectivity index (χ2n) is 14.8. The predicted molar refractivity (Wildman–Crippen MR) is 128 cm³/mol. The van der Waals surface area contributed by atoms with Gasteiger partial charge >= 0.3 is 0 Å². The van der Waals surface area contributed by atoms with Crippen molar-refractivity contribution in [3.05, 3.63) is 0 Å². The molecule has 9 atom stereocenters. The molecule has 3 heteroatoms. The zero-order valence-electron chi connectivity index (χ0n) is 21.9. The van der Waals surface area contributed by atoms with Crippen molar-refractivity contribution in [2.24, 2.45) is 50.7 Å². The summed E-state index contributed by atoms with van der Waals surface area (Å²) in [6.45, 7) is 17.3. The molecule has 5 rings (SSSR count). The molecule has 0 aromatic rings. The first-order valence-corrected chi connectivity index (χ1v) is 13.6. The number of fused-ring (bicyclic) bond motifs is 7. The van der Waals surface area contributed by atoms with Crippen LogP contribution < -0.4 is 0 Å². The quantitative estimate of drug-likeness (QED) is 0.333. The topological polar surface area (TPSA) is 46.5 Å². The number of Topliss-reactive ketones (excluding diaryl/α,β-unsaturated/α-hetero) is 1. The van der Waals surface area contributed by atoms with Gasteiger partial charge in [-0.2, -0.15) is 0 Å². The molecule has 0 aromatic heterocycles. The molecule has 5 fully saturated rings. The lowest BCUT2D eigenvalue weighted by Gasteiger charge is -2.74. The van der Waals surface area contributed by atoms with Crippen molar-refractivity contribution >= 4 is 5.78 Å². The Morgan fingerprint density at radius 2 is 1.38 bits per heavy atom. The van der Waals surface area contributed by atoms with Gasteiger partial charge in [0.1, 0.15) is 11.4 Å². The van der Waals surface area contributed by atoms with Crippen LogP contribution in [0.15, 0.2) is 0 Å². The number of rotatable bonds is 1. The number of carbonyl (C=O) groups is 1. The predicted octanol–water partition coefficient (Wildman–Crippen LogP) is 7.68. The van der Waals surface area contributed by atoms with Gasteiger partial charge in [0.05, 0.1) is 0 Å². The van der Waals surface area contributed by atoms with Gasteiger partial charge in [-0.05, 0) is 109 Å². The zero-order valence-corrected chi connectivity index (χ0v) is 21.9. The Morgan fingerprint density at radius 3 is 2.06 bits per heavy atom. The summed E-state index contributed by atoms with van der Waals surface area (Å²) in [6, 6.07) is 0. The fourth-order valence-corrected chi connectivity index (χ4v) is 10.9. The third-order valence-corrected chi connectivity index (χ3v) is 13.4. The Morgan fingerprint density at radius 1 is 0.750 bits per heavy atom. The van der Waals surface area contributed by atoms with Crippen molar-refractivity contribution < 1.29 is 14.9 Å². The smallest absolute Gasteiger partial charge is 0.136 e. The third-order valence-electron chi connectivity index (χ3n) is 13.4. The van der Waals surface area contributed by atoms with Gasteiger partial charge < -0.3 is 0 Å². The first-order chi connectivity index (χ1) is 14.8. The lowest BCUT2D eigenvalue weighted by molar-refractivity contribution is -0.386. The summed E-state index contributed by atoms with van der Waals surface area (Å²) in [5, 5.41) is 10.2. The molecule has 0 radical (unpaired) electrons. The van der Waals surface area contributed by atoms with Crippen molar-refractivity contribution in [1.82, 2.24) is 0 Å². The summed E-state index contributed by atoms with van der Waals surface area (Å²) in [4.78, 5) is 18.2. The van der Waals surface area contributed by atoms with E-state index in [0.29, 0.717) is 34.4 Å². The lowest BCUT2D eigenvalue weighted by atomic mass is 9.31. The van der Waals surface area contributed by atoms with Gasteiger partial charge in [0.15, 0.2) is 0 Å². The van der Waals surface area contributed by atoms with E-state index in [1.165, 1.54) is 32.1 Å². The van der Waals surface area contributed by atoms with E-state index in [0.717, 1.165) is 38.5 Å². The summed E-state index contributed by atoms with van der Waals surface area (Å²) in [7, 11) is 0. The highest BCUT2D eigenvalue weighted by Crippen LogP contribution is 2.77. The Hall–Kier alpha value is -0.410. The van der Waals surface area contributed by atoms with Crippen LogP contribution in [0, 0.1) is 50.7 Å². The molecule has 3 unspecified atom stereocenters. The molecule has 5 aliphatic rings. The van der Waals surface area contributed by atoms with Gasteiger partial charge in [0, 0.05) is 12.3 Å². The Labute approximate surface area is 196 Å². The van der Waals surface area contributed by atoms with Crippen LogP contribution in [-0.4, -0.2) is 16.6 Å². The maximum Gasteiger partial charge on any atom is 0.136 e. The fourth-order valence-electron chi connectivity index (χ4n) is 10.9. The van der Waals surface area contributed by atoms with Crippen LogP contribution in [0.4, 0.5) is 0 Å². The molecule has 0 aliphatic heterocycles. The SMILES string of the molecule is C[C@H]1C(=O)CCC2[C@]3(C)CC[C@@]4(C)C5CC(C)(C)CC[C@]5(OO)CC[C@]4(C)C3CC[C@@]21C. The van der Waals surface area contributed by atoms with E-state index in [2.05, 4.69) is 48.5 Å². The van der Waals surface area contributed by atoms with Crippen LogP contribution >= 0.6 is 0 Å². The summed E-state index contributed by atoms with van der Waals surface area (Å²) in [6.07, 6.45) is 12.3. The maximum absolute atomic E-state index is 12.7. The van der Waals surface area contributed by atoms with Crippen LogP contribution in [0.1, 0.15) is 119 Å². The van der Waals surface area contributed by atoms with Crippen molar-refractivity contribution in [3.8, 4) is 0 Å². The fraction of sp³-hybridized carbons (Fsp3) is 0.966. The van der Waals surface area contributed by atoms with E-state index < -0.39 is 0 Å². The van der Waals surface area contributed by atoms with Gasteiger partial charge in [0.25, 0.3) is 0 Å². The van der Waals surface area contributed by atoms with Gasteiger partial charge in [-0.15, -0.1) is 0 Å². The molecule has 0 saturated heterocycles. The second kappa shape index (κ2) is 6.84. The van der Waals surface area contributed by atoms with E-state index in [4.69, 9.17) is 4.89 Å². The van der Waals surface area contributed by atoms with Crippen LogP contribution in [0.5, 0.6) is 0 Å². The Balaban J connectivity index is 1.55. The standard InChI is InChI=1S/C29H48O3/c1-19-20(30)8-9-21-25(19,4)11-10-22-26(21,5)13-14-28(7)23-18-24(2,3)12-16-29(23,32-31)17-15-27(22,28)6/h19,21-23,31H,8-18H2,1-7H3/t19-,21?,22?,23?,25+,26-,27+,28-,29-/m0/s1. The Kier molecular flexibility index (Phi) is 4.99. The molecule has 5 saturated carbocycles. The first kappa shape index (κ1) is 23.3. The average molecular weight is 445 g/mol. The van der Waals surface area contributed by atoms with Crippen LogP contribution in [0.25, 0.3) is 0 Å². The van der Waals surface area contributed by atoms with E-state index in [1.54, 1.807) is 0 Å². The highest BCUT2D eigenvalue weighted by atomic mass is 17.1. The molecule has 182 valence electrons. The normalized spacial score (nSPS) is 57.1. The molecule has 0 amide bonds. The van der Waals surface area contributed by atoms with Crippen molar-refractivity contribution in [1.29, 1.82) is 0 Å². The Bertz CT molecular complexity index is 804. The summed E-state index contributed by atoms with van der Waals surface area (Å²) < 4.78 is 0. The molecule has 32 heavy (non-hydrogen) atoms. The van der Waals surface area contributed by atoms with Crippen LogP contribution in [-0.2, 0) is 9.68 Å². The monoisotopic (exact) mass is 444 g/mol. The van der Waals surface area contributed by atoms with Crippen molar-refractivity contribution in [2.75, 3.05) is 0 Å². The third kappa shape index (κ3) is 2.70. The lowest BCUT2D eigenvalue weighted by Crippen LogP contribution is -2.69. The van der Waals surface area contributed by atoms with E-state index >= 15 is 0 Å². The maximum atomic E-state index is 12.7. The molecular weight excluding hydrogens is 396 g/mol. The number of ketones is 1. The largest absolute Gasteiger partial charge is 0.299 e. The van der Waals surface area contributed by atoms with E-state index in [9.17, 15) is 10.1 Å². The first-order valence-electron chi connectivity index (χ1n) is 13.6. The van der Waals surface area contributed by atoms with Gasteiger partial charge in [-0.1, -0.05) is 48.5 Å². The van der Waals surface area contributed by atoms with Gasteiger partial charge in [0.2, 0.25) is 0 Å².